The minimum Gasteiger partial charge on any atom is -0.334 e. The first-order valence-electron chi connectivity index (χ1n) is 5.44. The van der Waals surface area contributed by atoms with Gasteiger partial charge in [0.2, 0.25) is 0 Å². The maximum absolute atomic E-state index is 11.6. The first-order chi connectivity index (χ1) is 7.74. The van der Waals surface area contributed by atoms with Crippen LogP contribution in [0.4, 0.5) is 9.93 Å². The zero-order chi connectivity index (χ0) is 11.4. The number of carbonyl (C=O) groups is 1. The summed E-state index contributed by atoms with van der Waals surface area (Å²) >= 11 is 1.44. The van der Waals surface area contributed by atoms with Crippen LogP contribution in [-0.4, -0.2) is 30.1 Å². The van der Waals surface area contributed by atoms with E-state index < -0.39 is 0 Å². The van der Waals surface area contributed by atoms with Crippen molar-refractivity contribution in [1.29, 1.82) is 0 Å². The Balaban J connectivity index is 0.00000144. The predicted octanol–water partition coefficient (Wildman–Crippen LogP) is 1.75. The number of hydrogen-bond acceptors (Lipinski definition) is 4. The molecule has 0 aliphatic carbocycles. The van der Waals surface area contributed by atoms with Gasteiger partial charge in [-0.2, -0.15) is 0 Å². The van der Waals surface area contributed by atoms with Crippen molar-refractivity contribution in [2.24, 2.45) is 0 Å². The minimum absolute atomic E-state index is 0. The van der Waals surface area contributed by atoms with Gasteiger partial charge >= 0.3 is 6.03 Å². The van der Waals surface area contributed by atoms with Crippen LogP contribution < -0.4 is 16.0 Å². The summed E-state index contributed by atoms with van der Waals surface area (Å²) in [5, 5.41) is 11.5. The minimum atomic E-state index is -0.164. The normalized spacial score (nSPS) is 19.2. The third kappa shape index (κ3) is 4.49. The number of halogens is 1. The first kappa shape index (κ1) is 14.2. The highest BCUT2D eigenvalue weighted by Gasteiger charge is 2.15. The van der Waals surface area contributed by atoms with Gasteiger partial charge in [0.25, 0.3) is 0 Å². The molecule has 0 radical (unpaired) electrons. The van der Waals surface area contributed by atoms with Crippen LogP contribution in [0, 0.1) is 6.92 Å². The molecule has 0 unspecified atom stereocenters. The van der Waals surface area contributed by atoms with Crippen LogP contribution in [0.25, 0.3) is 0 Å². The Bertz CT molecular complexity index is 365. The number of hydrogen-bond donors (Lipinski definition) is 3. The van der Waals surface area contributed by atoms with Crippen molar-refractivity contribution in [2.75, 3.05) is 18.4 Å². The van der Waals surface area contributed by atoms with Gasteiger partial charge in [0, 0.05) is 18.0 Å². The van der Waals surface area contributed by atoms with E-state index >= 15 is 0 Å². The Hall–Kier alpha value is -0.850. The van der Waals surface area contributed by atoms with E-state index in [4.69, 9.17) is 0 Å². The van der Waals surface area contributed by atoms with Gasteiger partial charge in [-0.25, -0.2) is 9.78 Å². The molecule has 1 fully saturated rings. The Morgan fingerprint density at radius 3 is 3.06 bits per heavy atom. The van der Waals surface area contributed by atoms with E-state index in [9.17, 15) is 4.79 Å². The van der Waals surface area contributed by atoms with Crippen molar-refractivity contribution >= 4 is 34.9 Å². The van der Waals surface area contributed by atoms with E-state index in [2.05, 4.69) is 20.9 Å². The third-order valence-electron chi connectivity index (χ3n) is 2.47. The monoisotopic (exact) mass is 276 g/mol. The highest BCUT2D eigenvalue weighted by molar-refractivity contribution is 7.13. The average Bonchev–Trinajstić information content (AvgIpc) is 2.65. The lowest BCUT2D eigenvalue weighted by molar-refractivity contribution is 0.245. The van der Waals surface area contributed by atoms with E-state index in [1.54, 1.807) is 0 Å². The molecule has 1 saturated heterocycles. The van der Waals surface area contributed by atoms with E-state index in [-0.39, 0.29) is 24.5 Å². The summed E-state index contributed by atoms with van der Waals surface area (Å²) < 4.78 is 0. The summed E-state index contributed by atoms with van der Waals surface area (Å²) in [5.74, 6) is 0. The number of amides is 2. The lowest BCUT2D eigenvalue weighted by Gasteiger charge is -2.23. The third-order valence-corrected chi connectivity index (χ3v) is 3.35. The number of carbonyl (C=O) groups excluding carboxylic acids is 1. The number of thiazole rings is 1. The Kier molecular flexibility index (Phi) is 5.67. The van der Waals surface area contributed by atoms with Gasteiger partial charge in [-0.05, 0) is 26.3 Å². The summed E-state index contributed by atoms with van der Waals surface area (Å²) in [6.45, 7) is 3.81. The number of aryl methyl sites for hydroxylation is 1. The molecule has 0 bridgehead atoms. The average molecular weight is 277 g/mol. The number of piperidine rings is 1. The van der Waals surface area contributed by atoms with Gasteiger partial charge in [0.05, 0.1) is 5.69 Å². The number of aromatic nitrogens is 1. The van der Waals surface area contributed by atoms with Crippen LogP contribution in [0.3, 0.4) is 0 Å². The molecule has 5 nitrogen and oxygen atoms in total. The Morgan fingerprint density at radius 2 is 2.47 bits per heavy atom. The van der Waals surface area contributed by atoms with Crippen LogP contribution in [-0.2, 0) is 0 Å². The van der Waals surface area contributed by atoms with Crippen LogP contribution in [0.1, 0.15) is 18.5 Å². The maximum atomic E-state index is 11.6. The topological polar surface area (TPSA) is 66.1 Å². The molecule has 7 heteroatoms. The van der Waals surface area contributed by atoms with Gasteiger partial charge in [0.15, 0.2) is 5.13 Å². The van der Waals surface area contributed by atoms with Crippen molar-refractivity contribution in [2.45, 2.75) is 25.8 Å². The maximum Gasteiger partial charge on any atom is 0.321 e. The van der Waals surface area contributed by atoms with Crippen LogP contribution in [0.2, 0.25) is 0 Å². The zero-order valence-electron chi connectivity index (χ0n) is 9.66. The SMILES string of the molecule is Cc1csc(NC(=O)N[C@@H]2CCCNC2)n1.Cl. The van der Waals surface area contributed by atoms with E-state index in [0.717, 1.165) is 31.6 Å². The molecule has 2 heterocycles. The van der Waals surface area contributed by atoms with Crippen molar-refractivity contribution in [1.82, 2.24) is 15.6 Å². The molecule has 0 aromatic carbocycles. The second-order valence-corrected chi connectivity index (χ2v) is 4.79. The zero-order valence-corrected chi connectivity index (χ0v) is 11.3. The highest BCUT2D eigenvalue weighted by Crippen LogP contribution is 2.14. The van der Waals surface area contributed by atoms with Gasteiger partial charge in [-0.1, -0.05) is 0 Å². The summed E-state index contributed by atoms with van der Waals surface area (Å²) in [5.41, 5.74) is 0.930. The fourth-order valence-corrected chi connectivity index (χ4v) is 2.39. The Morgan fingerprint density at radius 1 is 1.65 bits per heavy atom. The molecule has 1 atom stereocenters. The van der Waals surface area contributed by atoms with Crippen molar-refractivity contribution in [3.8, 4) is 0 Å². The largest absolute Gasteiger partial charge is 0.334 e. The molecule has 1 aromatic heterocycles. The summed E-state index contributed by atoms with van der Waals surface area (Å²) in [6, 6.07) is 0.0675. The molecule has 1 aromatic rings. The summed E-state index contributed by atoms with van der Waals surface area (Å²) in [6.07, 6.45) is 2.15. The van der Waals surface area contributed by atoms with Gasteiger partial charge in [0.1, 0.15) is 0 Å². The molecule has 2 amide bonds. The number of nitrogens with one attached hydrogen (secondary N) is 3. The van der Waals surface area contributed by atoms with Crippen LogP contribution in [0.5, 0.6) is 0 Å². The molecule has 0 saturated carbocycles. The smallest absolute Gasteiger partial charge is 0.321 e. The molecular formula is C10H17ClN4OS. The lowest BCUT2D eigenvalue weighted by Crippen LogP contribution is -2.47. The van der Waals surface area contributed by atoms with E-state index in [1.165, 1.54) is 11.3 Å². The van der Waals surface area contributed by atoms with Crippen molar-refractivity contribution in [3.05, 3.63) is 11.1 Å². The van der Waals surface area contributed by atoms with Gasteiger partial charge in [-0.15, -0.1) is 23.7 Å². The fourth-order valence-electron chi connectivity index (χ4n) is 1.71. The van der Waals surface area contributed by atoms with Gasteiger partial charge in [-0.3, -0.25) is 5.32 Å². The fraction of sp³-hybridized carbons (Fsp3) is 0.600. The standard InChI is InChI=1S/C10H16N4OS.ClH/c1-7-6-16-10(12-7)14-9(15)13-8-3-2-4-11-5-8;/h6,8,11H,2-5H2,1H3,(H2,12,13,14,15);1H/t8-;/m1./s1. The predicted molar refractivity (Wildman–Crippen MR) is 72.1 cm³/mol. The molecule has 1 aliphatic heterocycles. The van der Waals surface area contributed by atoms with E-state index in [1.807, 2.05) is 12.3 Å². The van der Waals surface area contributed by atoms with E-state index in [0.29, 0.717) is 5.13 Å². The van der Waals surface area contributed by atoms with Crippen molar-refractivity contribution in [3.63, 3.8) is 0 Å². The van der Waals surface area contributed by atoms with Crippen molar-refractivity contribution < 1.29 is 4.79 Å². The number of nitrogens with zero attached hydrogens (tertiary/aromatic N) is 1. The number of rotatable bonds is 2. The molecule has 96 valence electrons. The quantitative estimate of drug-likeness (QED) is 0.771. The molecule has 17 heavy (non-hydrogen) atoms. The first-order valence-corrected chi connectivity index (χ1v) is 6.32. The molecule has 1 aliphatic rings. The van der Waals surface area contributed by atoms with Crippen LogP contribution in [0.15, 0.2) is 5.38 Å². The molecule has 2 rings (SSSR count). The van der Waals surface area contributed by atoms with Gasteiger partial charge < -0.3 is 10.6 Å². The molecular weight excluding hydrogens is 260 g/mol. The Labute approximate surface area is 111 Å². The highest BCUT2D eigenvalue weighted by atomic mass is 35.5. The second kappa shape index (κ2) is 6.78. The molecule has 0 spiro atoms. The summed E-state index contributed by atoms with van der Waals surface area (Å²) in [4.78, 5) is 15.8. The number of urea groups is 1. The number of anilines is 1. The lowest BCUT2D eigenvalue weighted by atomic mass is 10.1. The summed E-state index contributed by atoms with van der Waals surface area (Å²) in [7, 11) is 0. The van der Waals surface area contributed by atoms with Crippen LogP contribution >= 0.6 is 23.7 Å². The molecule has 3 N–H and O–H groups in total. The second-order valence-electron chi connectivity index (χ2n) is 3.94.